The van der Waals surface area contributed by atoms with Crippen LogP contribution in [0, 0.1) is 0 Å². The fraction of sp³-hybridized carbons (Fsp3) is 0.391. The second-order valence-electron chi connectivity index (χ2n) is 7.26. The zero-order valence-corrected chi connectivity index (χ0v) is 18.3. The fourth-order valence-corrected chi connectivity index (χ4v) is 3.77. The van der Waals surface area contributed by atoms with Crippen molar-refractivity contribution in [2.24, 2.45) is 4.99 Å². The van der Waals surface area contributed by atoms with E-state index in [9.17, 15) is 4.79 Å². The van der Waals surface area contributed by atoms with Crippen LogP contribution in [0.4, 0.5) is 0 Å². The number of hydrogen-bond acceptors (Lipinski definition) is 3. The normalized spacial score (nSPS) is 13.2. The number of aliphatic imine (C=N–C) groups is 1. The van der Waals surface area contributed by atoms with Crippen LogP contribution in [0.5, 0.6) is 5.75 Å². The molecule has 1 aliphatic rings. The van der Waals surface area contributed by atoms with Crippen molar-refractivity contribution < 1.29 is 9.53 Å². The van der Waals surface area contributed by atoms with Gasteiger partial charge in [0.2, 0.25) is 5.91 Å². The van der Waals surface area contributed by atoms with Crippen molar-refractivity contribution >= 4 is 23.5 Å². The van der Waals surface area contributed by atoms with Gasteiger partial charge in [0, 0.05) is 44.7 Å². The zero-order valence-electron chi connectivity index (χ0n) is 17.6. The van der Waals surface area contributed by atoms with Crippen molar-refractivity contribution in [1.82, 2.24) is 15.5 Å². The Kier molecular flexibility index (Phi) is 7.97. The first-order valence-corrected chi connectivity index (χ1v) is 10.6. The maximum atomic E-state index is 12.5. The molecule has 1 aliphatic heterocycles. The van der Waals surface area contributed by atoms with Gasteiger partial charge in [-0.1, -0.05) is 41.9 Å². The number of halogens is 1. The maximum Gasteiger partial charge on any atom is 0.223 e. The van der Waals surface area contributed by atoms with Crippen molar-refractivity contribution in [2.45, 2.75) is 32.4 Å². The molecule has 0 saturated carbocycles. The third-order valence-electron chi connectivity index (χ3n) is 5.22. The van der Waals surface area contributed by atoms with E-state index < -0.39 is 0 Å². The molecule has 1 heterocycles. The molecule has 0 saturated heterocycles. The number of rotatable bonds is 8. The number of methoxy groups -OCH3 is 1. The van der Waals surface area contributed by atoms with Gasteiger partial charge in [-0.3, -0.25) is 9.79 Å². The molecule has 2 aromatic carbocycles. The number of hydrogen-bond donors (Lipinski definition) is 2. The van der Waals surface area contributed by atoms with E-state index in [1.54, 1.807) is 14.2 Å². The minimum atomic E-state index is 0.199. The lowest BCUT2D eigenvalue weighted by Gasteiger charge is -2.16. The van der Waals surface area contributed by atoms with Gasteiger partial charge in [0.25, 0.3) is 0 Å². The Morgan fingerprint density at radius 2 is 1.83 bits per heavy atom. The van der Waals surface area contributed by atoms with Crippen LogP contribution in [0.25, 0.3) is 0 Å². The van der Waals surface area contributed by atoms with Gasteiger partial charge in [0.1, 0.15) is 5.75 Å². The van der Waals surface area contributed by atoms with E-state index in [1.165, 1.54) is 11.1 Å². The quantitative estimate of drug-likeness (QED) is 0.384. The monoisotopic (exact) mass is 428 g/mol. The first-order chi connectivity index (χ1) is 14.6. The highest BCUT2D eigenvalue weighted by Crippen LogP contribution is 2.23. The second kappa shape index (κ2) is 10.9. The Morgan fingerprint density at radius 3 is 2.47 bits per heavy atom. The smallest absolute Gasteiger partial charge is 0.223 e. The molecule has 30 heavy (non-hydrogen) atoms. The summed E-state index contributed by atoms with van der Waals surface area (Å²) < 4.78 is 5.17. The van der Waals surface area contributed by atoms with Gasteiger partial charge in [0.05, 0.1) is 7.11 Å². The molecule has 0 atom stereocenters. The molecule has 3 rings (SSSR count). The molecule has 0 aliphatic carbocycles. The molecule has 0 bridgehead atoms. The molecule has 6 nitrogen and oxygen atoms in total. The van der Waals surface area contributed by atoms with Gasteiger partial charge < -0.3 is 20.3 Å². The Balaban J connectivity index is 1.33. The first kappa shape index (κ1) is 22.0. The standard InChI is InChI=1S/C23H29ClN4O2/c1-25-23(27-13-11-17-9-10-20(30-2)14-21(17)24)26-12-5-8-22(29)28-15-18-6-3-4-7-19(18)16-28/h3-4,6-7,9-10,14H,5,8,11-13,15-16H2,1-2H3,(H2,25,26,27). The van der Waals surface area contributed by atoms with E-state index in [1.807, 2.05) is 35.2 Å². The third kappa shape index (κ3) is 5.89. The van der Waals surface area contributed by atoms with Gasteiger partial charge >= 0.3 is 0 Å². The topological polar surface area (TPSA) is 66.0 Å². The van der Waals surface area contributed by atoms with E-state index in [0.29, 0.717) is 24.5 Å². The summed E-state index contributed by atoms with van der Waals surface area (Å²) in [4.78, 5) is 18.6. The first-order valence-electron chi connectivity index (χ1n) is 10.2. The fourth-order valence-electron chi connectivity index (χ4n) is 3.51. The summed E-state index contributed by atoms with van der Waals surface area (Å²) >= 11 is 6.28. The number of ether oxygens (including phenoxy) is 1. The van der Waals surface area contributed by atoms with Crippen LogP contribution in [-0.2, 0) is 24.3 Å². The number of nitrogens with zero attached hydrogens (tertiary/aromatic N) is 2. The van der Waals surface area contributed by atoms with Gasteiger partial charge in [-0.05, 0) is 41.7 Å². The Labute approximate surface area is 183 Å². The Bertz CT molecular complexity index is 876. The summed E-state index contributed by atoms with van der Waals surface area (Å²) in [6.45, 7) is 2.84. The predicted molar refractivity (Wildman–Crippen MR) is 121 cm³/mol. The number of amides is 1. The Morgan fingerprint density at radius 1 is 1.13 bits per heavy atom. The van der Waals surface area contributed by atoms with Crippen LogP contribution in [0.15, 0.2) is 47.5 Å². The number of fused-ring (bicyclic) bond motifs is 1. The predicted octanol–water partition coefficient (Wildman–Crippen LogP) is 3.38. The summed E-state index contributed by atoms with van der Waals surface area (Å²) in [6.07, 6.45) is 2.06. The van der Waals surface area contributed by atoms with Crippen LogP contribution in [0.1, 0.15) is 29.5 Å². The lowest BCUT2D eigenvalue weighted by Crippen LogP contribution is -2.39. The van der Waals surface area contributed by atoms with E-state index in [-0.39, 0.29) is 5.91 Å². The lowest BCUT2D eigenvalue weighted by atomic mass is 10.1. The van der Waals surface area contributed by atoms with E-state index in [0.717, 1.165) is 43.2 Å². The molecular weight excluding hydrogens is 400 g/mol. The number of carbonyl (C=O) groups excluding carboxylic acids is 1. The number of nitrogens with one attached hydrogen (secondary N) is 2. The SMILES string of the molecule is CN=C(NCCCC(=O)N1Cc2ccccc2C1)NCCc1ccc(OC)cc1Cl. The Hall–Kier alpha value is -2.73. The molecule has 0 radical (unpaired) electrons. The molecule has 0 fully saturated rings. The summed E-state index contributed by atoms with van der Waals surface area (Å²) in [5.41, 5.74) is 3.56. The van der Waals surface area contributed by atoms with Crippen LogP contribution in [0.3, 0.4) is 0 Å². The minimum absolute atomic E-state index is 0.199. The molecule has 1 amide bonds. The molecule has 0 aromatic heterocycles. The number of carbonyl (C=O) groups is 1. The highest BCUT2D eigenvalue weighted by molar-refractivity contribution is 6.31. The summed E-state index contributed by atoms with van der Waals surface area (Å²) in [7, 11) is 3.36. The third-order valence-corrected chi connectivity index (χ3v) is 5.58. The van der Waals surface area contributed by atoms with Crippen LogP contribution in [-0.4, -0.2) is 44.0 Å². The van der Waals surface area contributed by atoms with Crippen molar-refractivity contribution in [2.75, 3.05) is 27.2 Å². The van der Waals surface area contributed by atoms with E-state index in [2.05, 4.69) is 27.8 Å². The molecule has 0 unspecified atom stereocenters. The second-order valence-corrected chi connectivity index (χ2v) is 7.66. The summed E-state index contributed by atoms with van der Waals surface area (Å²) in [5, 5.41) is 7.25. The van der Waals surface area contributed by atoms with Gasteiger partial charge in [-0.25, -0.2) is 0 Å². The van der Waals surface area contributed by atoms with Gasteiger partial charge in [0.15, 0.2) is 5.96 Å². The van der Waals surface area contributed by atoms with Crippen LogP contribution >= 0.6 is 11.6 Å². The van der Waals surface area contributed by atoms with Crippen molar-refractivity contribution in [3.8, 4) is 5.75 Å². The van der Waals surface area contributed by atoms with Crippen molar-refractivity contribution in [3.63, 3.8) is 0 Å². The molecule has 0 spiro atoms. The highest BCUT2D eigenvalue weighted by Gasteiger charge is 2.22. The molecule has 7 heteroatoms. The van der Waals surface area contributed by atoms with E-state index >= 15 is 0 Å². The largest absolute Gasteiger partial charge is 0.497 e. The average Bonchev–Trinajstić information content (AvgIpc) is 3.20. The highest BCUT2D eigenvalue weighted by atomic mass is 35.5. The molecule has 2 aromatic rings. The van der Waals surface area contributed by atoms with Crippen molar-refractivity contribution in [1.29, 1.82) is 0 Å². The van der Waals surface area contributed by atoms with Gasteiger partial charge in [-0.2, -0.15) is 0 Å². The number of benzene rings is 2. The van der Waals surface area contributed by atoms with Crippen LogP contribution < -0.4 is 15.4 Å². The average molecular weight is 429 g/mol. The summed E-state index contributed by atoms with van der Waals surface area (Å²) in [6, 6.07) is 13.9. The maximum absolute atomic E-state index is 12.5. The molecular formula is C23H29ClN4O2. The minimum Gasteiger partial charge on any atom is -0.497 e. The molecule has 160 valence electrons. The van der Waals surface area contributed by atoms with Crippen LogP contribution in [0.2, 0.25) is 5.02 Å². The lowest BCUT2D eigenvalue weighted by molar-refractivity contribution is -0.131. The number of guanidine groups is 1. The van der Waals surface area contributed by atoms with Crippen molar-refractivity contribution in [3.05, 3.63) is 64.2 Å². The zero-order chi connectivity index (χ0) is 21.3. The van der Waals surface area contributed by atoms with Gasteiger partial charge in [-0.15, -0.1) is 0 Å². The molecule has 2 N–H and O–H groups in total. The summed E-state index contributed by atoms with van der Waals surface area (Å²) in [5.74, 6) is 1.67. The van der Waals surface area contributed by atoms with E-state index in [4.69, 9.17) is 16.3 Å².